The molecule has 6 nitrogen and oxygen atoms in total. The molecule has 110 valence electrons. The summed E-state index contributed by atoms with van der Waals surface area (Å²) in [4.78, 5) is 13.0. The fourth-order valence-electron chi connectivity index (χ4n) is 3.38. The summed E-state index contributed by atoms with van der Waals surface area (Å²) in [6, 6.07) is 0.887. The Morgan fingerprint density at radius 3 is 2.50 bits per heavy atom. The molecular weight excluding hydrogens is 254 g/mol. The molecule has 2 N–H and O–H groups in total. The van der Waals surface area contributed by atoms with E-state index < -0.39 is 0 Å². The van der Waals surface area contributed by atoms with Crippen molar-refractivity contribution in [1.82, 2.24) is 15.0 Å². The van der Waals surface area contributed by atoms with Gasteiger partial charge in [-0.2, -0.15) is 15.0 Å². The molecule has 0 aliphatic heterocycles. The Kier molecular flexibility index (Phi) is 3.63. The second-order valence-corrected chi connectivity index (χ2v) is 6.11. The summed E-state index contributed by atoms with van der Waals surface area (Å²) in [6.45, 7) is 3.93. The Morgan fingerprint density at radius 1 is 1.10 bits per heavy atom. The van der Waals surface area contributed by atoms with E-state index in [9.17, 15) is 0 Å². The number of rotatable bonds is 5. The highest BCUT2D eigenvalue weighted by Crippen LogP contribution is 2.45. The van der Waals surface area contributed by atoms with Crippen molar-refractivity contribution in [3.05, 3.63) is 0 Å². The van der Waals surface area contributed by atoms with E-state index in [0.29, 0.717) is 23.9 Å². The topological polar surface area (TPSA) is 72.0 Å². The highest BCUT2D eigenvalue weighted by Gasteiger charge is 2.39. The second-order valence-electron chi connectivity index (χ2n) is 6.11. The van der Waals surface area contributed by atoms with E-state index in [0.717, 1.165) is 11.8 Å². The van der Waals surface area contributed by atoms with Gasteiger partial charge in [-0.3, -0.25) is 0 Å². The third-order valence-electron chi connectivity index (χ3n) is 4.23. The third kappa shape index (κ3) is 2.78. The Hall–Kier alpha value is -1.59. The monoisotopic (exact) mass is 277 g/mol. The van der Waals surface area contributed by atoms with Crippen LogP contribution in [0, 0.1) is 11.8 Å². The second kappa shape index (κ2) is 5.42. The molecule has 3 rings (SSSR count). The highest BCUT2D eigenvalue weighted by molar-refractivity contribution is 5.36. The van der Waals surface area contributed by atoms with Crippen LogP contribution in [0.4, 0.5) is 11.9 Å². The minimum atomic E-state index is 0.0532. The van der Waals surface area contributed by atoms with Gasteiger partial charge in [0.15, 0.2) is 0 Å². The number of nitrogens with zero attached hydrogens (tertiary/aromatic N) is 3. The fourth-order valence-corrected chi connectivity index (χ4v) is 3.38. The summed E-state index contributed by atoms with van der Waals surface area (Å²) in [5.41, 5.74) is 0. The summed E-state index contributed by atoms with van der Waals surface area (Å²) in [5.74, 6) is 2.85. The zero-order valence-corrected chi connectivity index (χ0v) is 12.4. The zero-order valence-electron chi connectivity index (χ0n) is 12.4. The average Bonchev–Trinajstić information content (AvgIpc) is 2.99. The van der Waals surface area contributed by atoms with Crippen molar-refractivity contribution in [2.24, 2.45) is 11.8 Å². The van der Waals surface area contributed by atoms with Crippen LogP contribution in [-0.2, 0) is 0 Å². The molecule has 0 aromatic carbocycles. The molecule has 2 bridgehead atoms. The van der Waals surface area contributed by atoms with Crippen molar-refractivity contribution in [2.75, 3.05) is 17.7 Å². The van der Waals surface area contributed by atoms with Crippen LogP contribution in [0.25, 0.3) is 0 Å². The van der Waals surface area contributed by atoms with Crippen LogP contribution in [0.2, 0.25) is 0 Å². The van der Waals surface area contributed by atoms with E-state index in [-0.39, 0.29) is 6.10 Å². The first-order valence-corrected chi connectivity index (χ1v) is 7.51. The van der Waals surface area contributed by atoms with Gasteiger partial charge in [-0.1, -0.05) is 6.42 Å². The van der Waals surface area contributed by atoms with E-state index in [2.05, 4.69) is 25.6 Å². The molecule has 3 atom stereocenters. The molecule has 0 amide bonds. The number of hydrogen-bond donors (Lipinski definition) is 2. The standard InChI is InChI=1S/C14H23N5O/c1-8(2)20-14-18-12(15-3)17-13(19-14)16-11-7-9-4-5-10(11)6-9/h8-11H,4-7H2,1-3H3,(H2,15,16,17,18,19). The lowest BCUT2D eigenvalue weighted by Crippen LogP contribution is -2.27. The van der Waals surface area contributed by atoms with Crippen LogP contribution in [-0.4, -0.2) is 34.1 Å². The maximum atomic E-state index is 5.58. The lowest BCUT2D eigenvalue weighted by molar-refractivity contribution is 0.222. The molecule has 2 saturated carbocycles. The van der Waals surface area contributed by atoms with Crippen molar-refractivity contribution >= 4 is 11.9 Å². The molecule has 6 heteroatoms. The van der Waals surface area contributed by atoms with E-state index in [4.69, 9.17) is 4.74 Å². The van der Waals surface area contributed by atoms with Crippen LogP contribution in [0.3, 0.4) is 0 Å². The van der Waals surface area contributed by atoms with Crippen LogP contribution in [0.15, 0.2) is 0 Å². The Balaban J connectivity index is 1.74. The minimum absolute atomic E-state index is 0.0532. The number of aromatic nitrogens is 3. The minimum Gasteiger partial charge on any atom is -0.461 e. The zero-order chi connectivity index (χ0) is 14.1. The first kappa shape index (κ1) is 13.4. The first-order valence-electron chi connectivity index (χ1n) is 7.51. The largest absolute Gasteiger partial charge is 0.461 e. The van der Waals surface area contributed by atoms with Crippen molar-refractivity contribution in [3.8, 4) is 6.01 Å². The van der Waals surface area contributed by atoms with Gasteiger partial charge in [0.2, 0.25) is 11.9 Å². The third-order valence-corrected chi connectivity index (χ3v) is 4.23. The lowest BCUT2D eigenvalue weighted by Gasteiger charge is -2.23. The van der Waals surface area contributed by atoms with Crippen LogP contribution in [0.5, 0.6) is 6.01 Å². The number of anilines is 2. The summed E-state index contributed by atoms with van der Waals surface area (Å²) >= 11 is 0. The summed E-state index contributed by atoms with van der Waals surface area (Å²) in [5, 5.41) is 6.44. The van der Waals surface area contributed by atoms with Crippen LogP contribution >= 0.6 is 0 Å². The quantitative estimate of drug-likeness (QED) is 0.860. The molecule has 0 spiro atoms. The van der Waals surface area contributed by atoms with E-state index in [1.165, 1.54) is 25.7 Å². The van der Waals surface area contributed by atoms with Crippen molar-refractivity contribution in [2.45, 2.75) is 51.7 Å². The molecule has 0 radical (unpaired) electrons. The van der Waals surface area contributed by atoms with Gasteiger partial charge >= 0.3 is 6.01 Å². The molecule has 20 heavy (non-hydrogen) atoms. The number of ether oxygens (including phenoxy) is 1. The van der Waals surface area contributed by atoms with Crippen molar-refractivity contribution < 1.29 is 4.74 Å². The molecule has 3 unspecified atom stereocenters. The van der Waals surface area contributed by atoms with E-state index in [1.807, 2.05) is 13.8 Å². The van der Waals surface area contributed by atoms with Crippen LogP contribution < -0.4 is 15.4 Å². The molecule has 2 aliphatic rings. The molecular formula is C14H23N5O. The van der Waals surface area contributed by atoms with E-state index in [1.54, 1.807) is 7.05 Å². The predicted molar refractivity (Wildman–Crippen MR) is 78.0 cm³/mol. The van der Waals surface area contributed by atoms with Gasteiger partial charge in [0.1, 0.15) is 0 Å². The van der Waals surface area contributed by atoms with Gasteiger partial charge in [0.25, 0.3) is 0 Å². The highest BCUT2D eigenvalue weighted by atomic mass is 16.5. The Labute approximate surface area is 119 Å². The van der Waals surface area contributed by atoms with Gasteiger partial charge < -0.3 is 15.4 Å². The normalized spacial score (nSPS) is 27.9. The Morgan fingerprint density at radius 2 is 1.90 bits per heavy atom. The number of fused-ring (bicyclic) bond motifs is 2. The molecule has 2 aliphatic carbocycles. The summed E-state index contributed by atoms with van der Waals surface area (Å²) < 4.78 is 5.58. The maximum Gasteiger partial charge on any atom is 0.323 e. The SMILES string of the molecule is CNc1nc(NC2CC3CCC2C3)nc(OC(C)C)n1. The van der Waals surface area contributed by atoms with Gasteiger partial charge in [-0.25, -0.2) is 0 Å². The summed E-state index contributed by atoms with van der Waals surface area (Å²) in [7, 11) is 1.80. The molecule has 1 aromatic rings. The van der Waals surface area contributed by atoms with Gasteiger partial charge in [0, 0.05) is 13.1 Å². The maximum absolute atomic E-state index is 5.58. The number of nitrogens with one attached hydrogen (secondary N) is 2. The smallest absolute Gasteiger partial charge is 0.323 e. The summed E-state index contributed by atoms with van der Waals surface area (Å²) in [6.07, 6.45) is 5.38. The number of hydrogen-bond acceptors (Lipinski definition) is 6. The van der Waals surface area contributed by atoms with Crippen LogP contribution in [0.1, 0.15) is 39.5 Å². The lowest BCUT2D eigenvalue weighted by atomic mass is 9.95. The van der Waals surface area contributed by atoms with Gasteiger partial charge in [-0.05, 0) is 44.9 Å². The van der Waals surface area contributed by atoms with Crippen molar-refractivity contribution in [3.63, 3.8) is 0 Å². The van der Waals surface area contributed by atoms with Gasteiger partial charge in [0.05, 0.1) is 6.10 Å². The molecule has 1 aromatic heterocycles. The predicted octanol–water partition coefficient (Wildman–Crippen LogP) is 2.30. The van der Waals surface area contributed by atoms with E-state index >= 15 is 0 Å². The first-order chi connectivity index (χ1) is 9.64. The molecule has 0 saturated heterocycles. The Bertz CT molecular complexity index is 479. The fraction of sp³-hybridized carbons (Fsp3) is 0.786. The molecule has 2 fully saturated rings. The average molecular weight is 277 g/mol. The van der Waals surface area contributed by atoms with Crippen molar-refractivity contribution in [1.29, 1.82) is 0 Å². The van der Waals surface area contributed by atoms with Gasteiger partial charge in [-0.15, -0.1) is 0 Å². The molecule has 1 heterocycles.